The maximum absolute atomic E-state index is 11.8. The van der Waals surface area contributed by atoms with Gasteiger partial charge in [-0.25, -0.2) is 0 Å². The van der Waals surface area contributed by atoms with Crippen LogP contribution in [-0.2, 0) is 9.53 Å². The van der Waals surface area contributed by atoms with Crippen LogP contribution in [0.1, 0.15) is 23.2 Å². The predicted molar refractivity (Wildman–Crippen MR) is 66.3 cm³/mol. The number of ether oxygens (including phenoxy) is 2. The summed E-state index contributed by atoms with van der Waals surface area (Å²) in [6.07, 6.45) is 0.227. The van der Waals surface area contributed by atoms with Gasteiger partial charge in [-0.2, -0.15) is 0 Å². The largest absolute Gasteiger partial charge is 0.496 e. The average molecular weight is 301 g/mol. The minimum Gasteiger partial charge on any atom is -0.496 e. The second-order valence-corrected chi connectivity index (χ2v) is 4.20. The Hall–Kier alpha value is -1.36. The summed E-state index contributed by atoms with van der Waals surface area (Å²) in [4.78, 5) is 22.7. The molecule has 0 saturated heterocycles. The summed E-state index contributed by atoms with van der Waals surface area (Å²) in [7, 11) is 2.83. The van der Waals surface area contributed by atoms with Crippen molar-refractivity contribution in [1.29, 1.82) is 0 Å². The zero-order valence-corrected chi connectivity index (χ0v) is 11.2. The fraction of sp³-hybridized carbons (Fsp3) is 0.333. The molecule has 0 atom stereocenters. The van der Waals surface area contributed by atoms with Crippen LogP contribution in [0.2, 0.25) is 0 Å². The highest BCUT2D eigenvalue weighted by molar-refractivity contribution is 9.10. The van der Waals surface area contributed by atoms with Crippen molar-refractivity contribution in [3.05, 3.63) is 28.2 Å². The maximum atomic E-state index is 11.8. The van der Waals surface area contributed by atoms with E-state index in [1.54, 1.807) is 18.2 Å². The normalized spacial score (nSPS) is 9.82. The van der Waals surface area contributed by atoms with E-state index < -0.39 is 0 Å². The zero-order valence-electron chi connectivity index (χ0n) is 9.66. The van der Waals surface area contributed by atoms with E-state index in [1.165, 1.54) is 14.2 Å². The number of rotatable bonds is 5. The lowest BCUT2D eigenvalue weighted by Crippen LogP contribution is -2.06. The van der Waals surface area contributed by atoms with Gasteiger partial charge in [0.2, 0.25) is 0 Å². The monoisotopic (exact) mass is 300 g/mol. The summed E-state index contributed by atoms with van der Waals surface area (Å²) in [5.74, 6) is 0.0949. The quantitative estimate of drug-likeness (QED) is 0.619. The van der Waals surface area contributed by atoms with Crippen molar-refractivity contribution in [2.45, 2.75) is 12.8 Å². The third-order valence-electron chi connectivity index (χ3n) is 2.26. The van der Waals surface area contributed by atoms with Gasteiger partial charge in [-0.15, -0.1) is 0 Å². The molecule has 0 heterocycles. The predicted octanol–water partition coefficient (Wildman–Crippen LogP) is 2.59. The lowest BCUT2D eigenvalue weighted by Gasteiger charge is -2.05. The summed E-state index contributed by atoms with van der Waals surface area (Å²) in [6, 6.07) is 5.07. The Labute approximate surface area is 108 Å². The van der Waals surface area contributed by atoms with Gasteiger partial charge in [0.1, 0.15) is 5.75 Å². The number of hydrogen-bond donors (Lipinski definition) is 0. The molecule has 5 heteroatoms. The van der Waals surface area contributed by atoms with Crippen LogP contribution in [0.25, 0.3) is 0 Å². The van der Waals surface area contributed by atoms with E-state index in [-0.39, 0.29) is 24.6 Å². The Morgan fingerprint density at radius 1 is 1.24 bits per heavy atom. The molecule has 0 radical (unpaired) electrons. The zero-order chi connectivity index (χ0) is 12.8. The van der Waals surface area contributed by atoms with E-state index in [2.05, 4.69) is 20.7 Å². The molecule has 0 aliphatic rings. The van der Waals surface area contributed by atoms with Crippen LogP contribution in [0.15, 0.2) is 22.7 Å². The van der Waals surface area contributed by atoms with Gasteiger partial charge in [0.15, 0.2) is 5.78 Å². The first kappa shape index (κ1) is 13.7. The second-order valence-electron chi connectivity index (χ2n) is 3.35. The number of esters is 1. The Morgan fingerprint density at radius 2 is 1.94 bits per heavy atom. The summed E-state index contributed by atoms with van der Waals surface area (Å²) < 4.78 is 10.4. The van der Waals surface area contributed by atoms with Gasteiger partial charge in [0, 0.05) is 12.0 Å². The molecule has 4 nitrogen and oxygen atoms in total. The van der Waals surface area contributed by atoms with Gasteiger partial charge in [-0.1, -0.05) is 6.07 Å². The minimum absolute atomic E-state index is 0.0910. The number of methoxy groups -OCH3 is 2. The number of Topliss-reactive ketones (excluding diaryl/α,β-unsaturated/α-hetero) is 1. The van der Waals surface area contributed by atoms with E-state index in [1.807, 2.05) is 0 Å². The van der Waals surface area contributed by atoms with Crippen LogP contribution in [0.3, 0.4) is 0 Å². The topological polar surface area (TPSA) is 52.6 Å². The molecule has 0 spiro atoms. The fourth-order valence-electron chi connectivity index (χ4n) is 1.30. The number of carbonyl (C=O) groups is 2. The van der Waals surface area contributed by atoms with Crippen LogP contribution in [0, 0.1) is 0 Å². The highest BCUT2D eigenvalue weighted by atomic mass is 79.9. The number of halogens is 1. The van der Waals surface area contributed by atoms with Crippen LogP contribution >= 0.6 is 15.9 Å². The number of benzene rings is 1. The van der Waals surface area contributed by atoms with E-state index in [0.29, 0.717) is 11.3 Å². The summed E-state index contributed by atoms with van der Waals surface area (Å²) in [6.45, 7) is 0. The van der Waals surface area contributed by atoms with Gasteiger partial charge in [-0.3, -0.25) is 9.59 Å². The van der Waals surface area contributed by atoms with Crippen molar-refractivity contribution in [1.82, 2.24) is 0 Å². The standard InChI is InChI=1S/C12H13BrO4/c1-16-11-7-8(3-4-9(11)13)10(14)5-6-12(15)17-2/h3-4,7H,5-6H2,1-2H3. The molecule has 0 aromatic heterocycles. The van der Waals surface area contributed by atoms with Crippen LogP contribution in [-0.4, -0.2) is 26.0 Å². The van der Waals surface area contributed by atoms with Crippen LogP contribution < -0.4 is 4.74 Å². The molecule has 0 aliphatic heterocycles. The van der Waals surface area contributed by atoms with Crippen LogP contribution in [0.4, 0.5) is 0 Å². The van der Waals surface area contributed by atoms with E-state index in [9.17, 15) is 9.59 Å². The lowest BCUT2D eigenvalue weighted by atomic mass is 10.1. The summed E-state index contributed by atoms with van der Waals surface area (Å²) >= 11 is 3.30. The van der Waals surface area contributed by atoms with Gasteiger partial charge in [0.25, 0.3) is 0 Å². The van der Waals surface area contributed by atoms with Crippen molar-refractivity contribution in [3.8, 4) is 5.75 Å². The maximum Gasteiger partial charge on any atom is 0.305 e. The molecule has 0 aliphatic carbocycles. The summed E-state index contributed by atoms with van der Waals surface area (Å²) in [5.41, 5.74) is 0.522. The number of ketones is 1. The molecule has 17 heavy (non-hydrogen) atoms. The molecule has 0 fully saturated rings. The first-order chi connectivity index (χ1) is 8.08. The smallest absolute Gasteiger partial charge is 0.305 e. The van der Waals surface area contributed by atoms with Gasteiger partial charge in [-0.05, 0) is 28.1 Å². The molecular weight excluding hydrogens is 288 g/mol. The lowest BCUT2D eigenvalue weighted by molar-refractivity contribution is -0.140. The van der Waals surface area contributed by atoms with Crippen molar-refractivity contribution in [2.75, 3.05) is 14.2 Å². The number of carbonyl (C=O) groups excluding carboxylic acids is 2. The third kappa shape index (κ3) is 3.85. The highest BCUT2D eigenvalue weighted by Gasteiger charge is 2.11. The third-order valence-corrected chi connectivity index (χ3v) is 2.91. The molecule has 0 bridgehead atoms. The Morgan fingerprint density at radius 3 is 2.53 bits per heavy atom. The second kappa shape index (κ2) is 6.39. The van der Waals surface area contributed by atoms with E-state index in [4.69, 9.17) is 4.74 Å². The van der Waals surface area contributed by atoms with Gasteiger partial charge in [0.05, 0.1) is 25.1 Å². The fourth-order valence-corrected chi connectivity index (χ4v) is 1.70. The first-order valence-corrected chi connectivity index (χ1v) is 5.81. The minimum atomic E-state index is -0.387. The molecule has 0 amide bonds. The molecule has 1 aromatic rings. The molecule has 92 valence electrons. The molecule has 1 aromatic carbocycles. The van der Waals surface area contributed by atoms with E-state index >= 15 is 0 Å². The highest BCUT2D eigenvalue weighted by Crippen LogP contribution is 2.26. The first-order valence-electron chi connectivity index (χ1n) is 5.02. The van der Waals surface area contributed by atoms with Gasteiger partial charge < -0.3 is 9.47 Å². The molecular formula is C12H13BrO4. The Balaban J connectivity index is 2.72. The Kier molecular flexibility index (Phi) is 5.15. The number of hydrogen-bond acceptors (Lipinski definition) is 4. The van der Waals surface area contributed by atoms with Gasteiger partial charge >= 0.3 is 5.97 Å². The van der Waals surface area contributed by atoms with Crippen molar-refractivity contribution in [2.24, 2.45) is 0 Å². The average Bonchev–Trinajstić information content (AvgIpc) is 2.35. The molecule has 0 N–H and O–H groups in total. The Bertz CT molecular complexity index is 429. The summed E-state index contributed by atoms with van der Waals surface area (Å²) in [5, 5.41) is 0. The van der Waals surface area contributed by atoms with Crippen molar-refractivity contribution >= 4 is 27.7 Å². The molecule has 0 saturated carbocycles. The molecule has 1 rings (SSSR count). The SMILES string of the molecule is COC(=O)CCC(=O)c1ccc(Br)c(OC)c1. The van der Waals surface area contributed by atoms with Crippen molar-refractivity contribution in [3.63, 3.8) is 0 Å². The van der Waals surface area contributed by atoms with Crippen molar-refractivity contribution < 1.29 is 19.1 Å². The van der Waals surface area contributed by atoms with Crippen LogP contribution in [0.5, 0.6) is 5.75 Å². The van der Waals surface area contributed by atoms with E-state index in [0.717, 1.165) is 4.47 Å². The molecule has 0 unspecified atom stereocenters.